The van der Waals surface area contributed by atoms with E-state index in [0.717, 1.165) is 28.4 Å². The SMILES string of the molecule is C=CCC(Sc1nnc(Cn2cnc3ccccc32)n1CC=C)c1ccccc1. The normalized spacial score (nSPS) is 12.1. The van der Waals surface area contributed by atoms with E-state index in [-0.39, 0.29) is 5.25 Å². The fourth-order valence-electron chi connectivity index (χ4n) is 3.32. The highest BCUT2D eigenvalue weighted by Crippen LogP contribution is 2.37. The van der Waals surface area contributed by atoms with Crippen molar-refractivity contribution in [3.8, 4) is 0 Å². The fraction of sp³-hybridized carbons (Fsp3) is 0.174. The van der Waals surface area contributed by atoms with Crippen molar-refractivity contribution in [1.82, 2.24) is 24.3 Å². The Morgan fingerprint density at radius 2 is 1.76 bits per heavy atom. The molecule has 4 aromatic rings. The van der Waals surface area contributed by atoms with Gasteiger partial charge < -0.3 is 9.13 Å². The Morgan fingerprint density at radius 1 is 0.966 bits per heavy atom. The quantitative estimate of drug-likeness (QED) is 0.283. The van der Waals surface area contributed by atoms with Gasteiger partial charge in [-0.1, -0.05) is 66.4 Å². The standard InChI is InChI=1S/C23H23N5S/c1-3-10-21(18-11-6-5-7-12-18)29-23-26-25-22(28(23)15-4-2)16-27-17-24-19-13-8-9-14-20(19)27/h3-9,11-14,17,21H,1-2,10,15-16H2. The molecular formula is C23H23N5S. The van der Waals surface area contributed by atoms with E-state index < -0.39 is 0 Å². The Labute approximate surface area is 174 Å². The molecule has 0 aliphatic carbocycles. The number of nitrogens with zero attached hydrogens (tertiary/aromatic N) is 5. The lowest BCUT2D eigenvalue weighted by atomic mass is 10.1. The molecule has 5 nitrogen and oxygen atoms in total. The lowest BCUT2D eigenvalue weighted by Crippen LogP contribution is -2.09. The van der Waals surface area contributed by atoms with Crippen LogP contribution in [0.4, 0.5) is 0 Å². The van der Waals surface area contributed by atoms with Crippen molar-refractivity contribution < 1.29 is 0 Å². The van der Waals surface area contributed by atoms with Gasteiger partial charge in [-0.05, 0) is 24.1 Å². The van der Waals surface area contributed by atoms with Gasteiger partial charge in [0.1, 0.15) is 0 Å². The van der Waals surface area contributed by atoms with E-state index in [4.69, 9.17) is 0 Å². The summed E-state index contributed by atoms with van der Waals surface area (Å²) in [6.45, 7) is 9.12. The molecule has 0 spiro atoms. The van der Waals surface area contributed by atoms with Crippen LogP contribution in [0.25, 0.3) is 11.0 Å². The summed E-state index contributed by atoms with van der Waals surface area (Å²) in [6.07, 6.45) is 6.55. The molecule has 1 unspecified atom stereocenters. The zero-order valence-electron chi connectivity index (χ0n) is 16.2. The Bertz CT molecular complexity index is 1110. The van der Waals surface area contributed by atoms with Crippen molar-refractivity contribution in [1.29, 1.82) is 0 Å². The first-order valence-electron chi connectivity index (χ1n) is 9.55. The van der Waals surface area contributed by atoms with Gasteiger partial charge in [0.05, 0.1) is 23.9 Å². The number of imidazole rings is 1. The summed E-state index contributed by atoms with van der Waals surface area (Å²) in [5, 5.41) is 10.1. The van der Waals surface area contributed by atoms with Gasteiger partial charge in [0.25, 0.3) is 0 Å². The fourth-order valence-corrected chi connectivity index (χ4v) is 4.50. The minimum atomic E-state index is 0.239. The molecule has 2 aromatic heterocycles. The lowest BCUT2D eigenvalue weighted by molar-refractivity contribution is 0.647. The lowest BCUT2D eigenvalue weighted by Gasteiger charge is -2.15. The van der Waals surface area contributed by atoms with Gasteiger partial charge in [0, 0.05) is 11.8 Å². The molecule has 2 aromatic carbocycles. The Kier molecular flexibility index (Phi) is 5.91. The van der Waals surface area contributed by atoms with Crippen LogP contribution in [-0.4, -0.2) is 24.3 Å². The maximum absolute atomic E-state index is 4.50. The van der Waals surface area contributed by atoms with Gasteiger partial charge in [-0.15, -0.1) is 23.4 Å². The maximum Gasteiger partial charge on any atom is 0.192 e. The number of para-hydroxylation sites is 2. The Morgan fingerprint density at radius 3 is 2.55 bits per heavy atom. The molecule has 0 aliphatic heterocycles. The first-order chi connectivity index (χ1) is 14.3. The van der Waals surface area contributed by atoms with E-state index in [9.17, 15) is 0 Å². The molecule has 146 valence electrons. The molecule has 4 rings (SSSR count). The highest BCUT2D eigenvalue weighted by atomic mass is 32.2. The summed E-state index contributed by atoms with van der Waals surface area (Å²) in [4.78, 5) is 4.48. The van der Waals surface area contributed by atoms with Crippen LogP contribution >= 0.6 is 11.8 Å². The number of benzene rings is 2. The second kappa shape index (κ2) is 8.92. The third-order valence-corrected chi connectivity index (χ3v) is 6.01. The van der Waals surface area contributed by atoms with E-state index in [1.165, 1.54) is 5.56 Å². The van der Waals surface area contributed by atoms with Crippen molar-refractivity contribution >= 4 is 22.8 Å². The summed E-state index contributed by atoms with van der Waals surface area (Å²) >= 11 is 1.72. The molecule has 0 radical (unpaired) electrons. The summed E-state index contributed by atoms with van der Waals surface area (Å²) in [6, 6.07) is 18.6. The van der Waals surface area contributed by atoms with Crippen LogP contribution in [0.15, 0.2) is 91.4 Å². The highest BCUT2D eigenvalue weighted by Gasteiger charge is 2.19. The van der Waals surface area contributed by atoms with Crippen LogP contribution < -0.4 is 0 Å². The van der Waals surface area contributed by atoms with Gasteiger partial charge in [0.2, 0.25) is 0 Å². The van der Waals surface area contributed by atoms with Crippen LogP contribution in [0.1, 0.15) is 23.1 Å². The van der Waals surface area contributed by atoms with Crippen LogP contribution in [0.3, 0.4) is 0 Å². The molecule has 1 atom stereocenters. The predicted molar refractivity (Wildman–Crippen MR) is 119 cm³/mol. The van der Waals surface area contributed by atoms with E-state index in [2.05, 4.69) is 67.8 Å². The molecule has 0 saturated heterocycles. The van der Waals surface area contributed by atoms with Crippen LogP contribution in [0.5, 0.6) is 0 Å². The molecular weight excluding hydrogens is 378 g/mol. The van der Waals surface area contributed by atoms with Crippen molar-refractivity contribution in [2.45, 2.75) is 29.9 Å². The largest absolute Gasteiger partial charge is 0.323 e. The Balaban J connectivity index is 1.64. The zero-order chi connectivity index (χ0) is 20.1. The summed E-state index contributed by atoms with van der Waals surface area (Å²) in [7, 11) is 0. The smallest absolute Gasteiger partial charge is 0.192 e. The zero-order valence-corrected chi connectivity index (χ0v) is 17.0. The second-order valence-corrected chi connectivity index (χ2v) is 7.87. The second-order valence-electron chi connectivity index (χ2n) is 6.70. The molecule has 0 aliphatic rings. The molecule has 0 N–H and O–H groups in total. The van der Waals surface area contributed by atoms with Crippen molar-refractivity contribution in [3.63, 3.8) is 0 Å². The molecule has 0 saturated carbocycles. The van der Waals surface area contributed by atoms with Crippen molar-refractivity contribution in [2.75, 3.05) is 0 Å². The van der Waals surface area contributed by atoms with Gasteiger partial charge in [-0.2, -0.15) is 0 Å². The van der Waals surface area contributed by atoms with Gasteiger partial charge in [-0.25, -0.2) is 4.98 Å². The summed E-state index contributed by atoms with van der Waals surface area (Å²) in [5.41, 5.74) is 3.32. The Hall–Kier alpha value is -3.12. The molecule has 29 heavy (non-hydrogen) atoms. The van der Waals surface area contributed by atoms with E-state index in [0.29, 0.717) is 13.1 Å². The molecule has 2 heterocycles. The maximum atomic E-state index is 4.50. The van der Waals surface area contributed by atoms with Crippen molar-refractivity contribution in [3.05, 3.63) is 97.6 Å². The van der Waals surface area contributed by atoms with Crippen molar-refractivity contribution in [2.24, 2.45) is 0 Å². The molecule has 0 amide bonds. The molecule has 0 fully saturated rings. The first-order valence-corrected chi connectivity index (χ1v) is 10.4. The number of fused-ring (bicyclic) bond motifs is 1. The van der Waals surface area contributed by atoms with E-state index in [1.807, 2.05) is 42.7 Å². The third-order valence-electron chi connectivity index (χ3n) is 4.74. The number of allylic oxidation sites excluding steroid dienone is 2. The number of rotatable bonds is 9. The number of hydrogen-bond acceptors (Lipinski definition) is 4. The molecule has 0 bridgehead atoms. The third kappa shape index (κ3) is 4.17. The number of thioether (sulfide) groups is 1. The van der Waals surface area contributed by atoms with Crippen LogP contribution in [-0.2, 0) is 13.1 Å². The van der Waals surface area contributed by atoms with Gasteiger partial charge in [0.15, 0.2) is 11.0 Å². The monoisotopic (exact) mass is 401 g/mol. The van der Waals surface area contributed by atoms with Crippen LogP contribution in [0, 0.1) is 0 Å². The number of aromatic nitrogens is 5. The first kappa shape index (κ1) is 19.2. The minimum Gasteiger partial charge on any atom is -0.323 e. The van der Waals surface area contributed by atoms with E-state index >= 15 is 0 Å². The van der Waals surface area contributed by atoms with Crippen LogP contribution in [0.2, 0.25) is 0 Å². The molecule has 6 heteroatoms. The van der Waals surface area contributed by atoms with Gasteiger partial charge in [-0.3, -0.25) is 0 Å². The summed E-state index contributed by atoms with van der Waals surface area (Å²) < 4.78 is 4.23. The summed E-state index contributed by atoms with van der Waals surface area (Å²) in [5.74, 6) is 0.890. The highest BCUT2D eigenvalue weighted by molar-refractivity contribution is 7.99. The average Bonchev–Trinajstić information content (AvgIpc) is 3.34. The van der Waals surface area contributed by atoms with Gasteiger partial charge >= 0.3 is 0 Å². The average molecular weight is 402 g/mol. The van der Waals surface area contributed by atoms with E-state index in [1.54, 1.807) is 11.8 Å². The minimum absolute atomic E-state index is 0.239. The number of hydrogen-bond donors (Lipinski definition) is 0. The predicted octanol–water partition coefficient (Wildman–Crippen LogP) is 5.27. The topological polar surface area (TPSA) is 48.5 Å².